The third-order valence-corrected chi connectivity index (χ3v) is 4.57. The molecule has 1 aromatic rings. The number of piperazine rings is 1. The van der Waals surface area contributed by atoms with E-state index >= 15 is 0 Å². The minimum Gasteiger partial charge on any atom is -0.379 e. The molecule has 2 saturated heterocycles. The van der Waals surface area contributed by atoms with Crippen LogP contribution in [0.2, 0.25) is 0 Å². The molecule has 0 spiro atoms. The lowest BCUT2D eigenvalue weighted by atomic mass is 10.3. The number of carbonyl (C=O) groups is 1. The van der Waals surface area contributed by atoms with Gasteiger partial charge in [0.1, 0.15) is 5.82 Å². The van der Waals surface area contributed by atoms with Crippen molar-refractivity contribution in [3.05, 3.63) is 24.4 Å². The van der Waals surface area contributed by atoms with E-state index in [1.54, 1.807) is 0 Å². The Kier molecular flexibility index (Phi) is 6.40. The number of amides is 1. The Balaban J connectivity index is 1.31. The molecule has 0 radical (unpaired) electrons. The first kappa shape index (κ1) is 17.1. The average molecular weight is 333 g/mol. The number of hydrogen-bond donors (Lipinski definition) is 1. The second-order valence-electron chi connectivity index (χ2n) is 6.26. The number of nitrogens with one attached hydrogen (secondary N) is 1. The maximum atomic E-state index is 12.1. The Hall–Kier alpha value is -1.70. The van der Waals surface area contributed by atoms with Gasteiger partial charge < -0.3 is 15.0 Å². The predicted octanol–water partition coefficient (Wildman–Crippen LogP) is -0.348. The monoisotopic (exact) mass is 333 g/mol. The van der Waals surface area contributed by atoms with Gasteiger partial charge in [0.2, 0.25) is 5.91 Å². The maximum absolute atomic E-state index is 12.1. The van der Waals surface area contributed by atoms with E-state index in [9.17, 15) is 4.79 Å². The molecular weight excluding hydrogens is 306 g/mol. The topological polar surface area (TPSA) is 60.9 Å². The summed E-state index contributed by atoms with van der Waals surface area (Å²) in [7, 11) is 0. The highest BCUT2D eigenvalue weighted by Gasteiger charge is 2.19. The highest BCUT2D eigenvalue weighted by Crippen LogP contribution is 2.12. The number of rotatable bonds is 6. The number of anilines is 1. The van der Waals surface area contributed by atoms with E-state index in [0.29, 0.717) is 13.1 Å². The van der Waals surface area contributed by atoms with Crippen LogP contribution < -0.4 is 10.2 Å². The zero-order valence-corrected chi connectivity index (χ0v) is 14.2. The fourth-order valence-corrected chi connectivity index (χ4v) is 3.11. The molecule has 0 saturated carbocycles. The summed E-state index contributed by atoms with van der Waals surface area (Å²) in [5, 5.41) is 3.03. The lowest BCUT2D eigenvalue weighted by Gasteiger charge is -2.35. The summed E-state index contributed by atoms with van der Waals surface area (Å²) < 4.78 is 5.32. The van der Waals surface area contributed by atoms with Crippen molar-refractivity contribution in [2.75, 3.05) is 77.0 Å². The fraction of sp³-hybridized carbons (Fsp3) is 0.647. The van der Waals surface area contributed by atoms with E-state index < -0.39 is 0 Å². The first-order chi connectivity index (χ1) is 11.8. The summed E-state index contributed by atoms with van der Waals surface area (Å²) in [6.45, 7) is 9.26. The third kappa shape index (κ3) is 5.15. The van der Waals surface area contributed by atoms with Crippen LogP contribution in [0.25, 0.3) is 0 Å². The average Bonchev–Trinajstić information content (AvgIpc) is 2.64. The summed E-state index contributed by atoms with van der Waals surface area (Å²) in [6, 6.07) is 5.98. The Morgan fingerprint density at radius 3 is 2.58 bits per heavy atom. The van der Waals surface area contributed by atoms with Crippen LogP contribution in [-0.4, -0.2) is 92.8 Å². The zero-order valence-electron chi connectivity index (χ0n) is 14.2. The smallest absolute Gasteiger partial charge is 0.234 e. The van der Waals surface area contributed by atoms with Gasteiger partial charge in [-0.05, 0) is 12.1 Å². The maximum Gasteiger partial charge on any atom is 0.234 e. The molecule has 1 amide bonds. The van der Waals surface area contributed by atoms with Gasteiger partial charge in [-0.2, -0.15) is 0 Å². The Labute approximate surface area is 143 Å². The molecule has 0 aliphatic carbocycles. The Morgan fingerprint density at radius 1 is 1.08 bits per heavy atom. The van der Waals surface area contributed by atoms with Crippen LogP contribution in [0.15, 0.2) is 24.4 Å². The van der Waals surface area contributed by atoms with Crippen LogP contribution in [0.1, 0.15) is 0 Å². The second-order valence-corrected chi connectivity index (χ2v) is 6.26. The molecule has 0 atom stereocenters. The van der Waals surface area contributed by atoms with E-state index in [1.807, 2.05) is 24.4 Å². The van der Waals surface area contributed by atoms with Crippen molar-refractivity contribution in [1.29, 1.82) is 0 Å². The van der Waals surface area contributed by atoms with Crippen LogP contribution in [0.4, 0.5) is 5.82 Å². The Bertz CT molecular complexity index is 499. The summed E-state index contributed by atoms with van der Waals surface area (Å²) in [5.74, 6) is 1.14. The van der Waals surface area contributed by atoms with Gasteiger partial charge in [0.25, 0.3) is 0 Å². The van der Waals surface area contributed by atoms with E-state index in [1.165, 1.54) is 0 Å². The van der Waals surface area contributed by atoms with Gasteiger partial charge in [-0.3, -0.25) is 14.6 Å². The zero-order chi connectivity index (χ0) is 16.6. The SMILES string of the molecule is O=C(CN1CCN(c2ccccn2)CC1)NCCN1CCOCC1. The van der Waals surface area contributed by atoms with E-state index in [-0.39, 0.29) is 5.91 Å². The normalized spacial score (nSPS) is 20.1. The molecule has 3 heterocycles. The largest absolute Gasteiger partial charge is 0.379 e. The van der Waals surface area contributed by atoms with Crippen molar-refractivity contribution < 1.29 is 9.53 Å². The van der Waals surface area contributed by atoms with Gasteiger partial charge in [-0.1, -0.05) is 6.07 Å². The molecule has 0 unspecified atom stereocenters. The molecule has 24 heavy (non-hydrogen) atoms. The molecule has 3 rings (SSSR count). The van der Waals surface area contributed by atoms with Crippen molar-refractivity contribution in [2.45, 2.75) is 0 Å². The molecule has 2 aliphatic heterocycles. The van der Waals surface area contributed by atoms with Crippen molar-refractivity contribution in [3.63, 3.8) is 0 Å². The van der Waals surface area contributed by atoms with Gasteiger partial charge in [0.05, 0.1) is 19.8 Å². The highest BCUT2D eigenvalue weighted by molar-refractivity contribution is 5.78. The van der Waals surface area contributed by atoms with Crippen LogP contribution in [0.5, 0.6) is 0 Å². The Morgan fingerprint density at radius 2 is 1.88 bits per heavy atom. The lowest BCUT2D eigenvalue weighted by Crippen LogP contribution is -2.50. The van der Waals surface area contributed by atoms with Crippen LogP contribution in [-0.2, 0) is 9.53 Å². The summed E-state index contributed by atoms with van der Waals surface area (Å²) in [6.07, 6.45) is 1.82. The van der Waals surface area contributed by atoms with Gasteiger partial charge in [0.15, 0.2) is 0 Å². The molecule has 7 nitrogen and oxygen atoms in total. The summed E-state index contributed by atoms with van der Waals surface area (Å²) >= 11 is 0. The number of hydrogen-bond acceptors (Lipinski definition) is 6. The van der Waals surface area contributed by atoms with Crippen LogP contribution in [0.3, 0.4) is 0 Å². The molecular formula is C17H27N5O2. The van der Waals surface area contributed by atoms with E-state index in [2.05, 4.69) is 25.0 Å². The molecule has 132 valence electrons. The van der Waals surface area contributed by atoms with E-state index in [4.69, 9.17) is 4.74 Å². The third-order valence-electron chi connectivity index (χ3n) is 4.57. The quantitative estimate of drug-likeness (QED) is 0.768. The van der Waals surface area contributed by atoms with Crippen LogP contribution >= 0.6 is 0 Å². The van der Waals surface area contributed by atoms with Crippen molar-refractivity contribution >= 4 is 11.7 Å². The fourth-order valence-electron chi connectivity index (χ4n) is 3.11. The molecule has 1 N–H and O–H groups in total. The van der Waals surface area contributed by atoms with E-state index in [0.717, 1.165) is 64.8 Å². The molecule has 0 bridgehead atoms. The standard InChI is InChI=1S/C17H27N5O2/c23-17(19-5-6-20-11-13-24-14-12-20)15-21-7-9-22(10-8-21)16-3-1-2-4-18-16/h1-4H,5-15H2,(H,19,23). The van der Waals surface area contributed by atoms with Gasteiger partial charge in [0, 0.05) is 58.6 Å². The number of nitrogens with zero attached hydrogens (tertiary/aromatic N) is 4. The molecule has 2 aliphatic rings. The number of pyridine rings is 1. The molecule has 1 aromatic heterocycles. The van der Waals surface area contributed by atoms with Crippen molar-refractivity contribution in [2.24, 2.45) is 0 Å². The van der Waals surface area contributed by atoms with Crippen LogP contribution in [0, 0.1) is 0 Å². The summed E-state index contributed by atoms with van der Waals surface area (Å²) in [5.41, 5.74) is 0. The minimum absolute atomic E-state index is 0.120. The number of morpholine rings is 1. The van der Waals surface area contributed by atoms with Crippen molar-refractivity contribution in [1.82, 2.24) is 20.1 Å². The number of ether oxygens (including phenoxy) is 1. The molecule has 7 heteroatoms. The molecule has 2 fully saturated rings. The lowest BCUT2D eigenvalue weighted by molar-refractivity contribution is -0.122. The summed E-state index contributed by atoms with van der Waals surface area (Å²) in [4.78, 5) is 23.3. The first-order valence-corrected chi connectivity index (χ1v) is 8.76. The molecule has 0 aromatic carbocycles. The van der Waals surface area contributed by atoms with Gasteiger partial charge >= 0.3 is 0 Å². The van der Waals surface area contributed by atoms with Crippen molar-refractivity contribution in [3.8, 4) is 0 Å². The number of carbonyl (C=O) groups excluding carboxylic acids is 1. The predicted molar refractivity (Wildman–Crippen MR) is 93.2 cm³/mol. The highest BCUT2D eigenvalue weighted by atomic mass is 16.5. The number of aromatic nitrogens is 1. The minimum atomic E-state index is 0.120. The van der Waals surface area contributed by atoms with Gasteiger partial charge in [-0.15, -0.1) is 0 Å². The van der Waals surface area contributed by atoms with Gasteiger partial charge in [-0.25, -0.2) is 4.98 Å². The first-order valence-electron chi connectivity index (χ1n) is 8.76. The second kappa shape index (κ2) is 8.96.